The van der Waals surface area contributed by atoms with Gasteiger partial charge in [0, 0.05) is 0 Å². The lowest BCUT2D eigenvalue weighted by Crippen LogP contribution is -2.13. The highest BCUT2D eigenvalue weighted by Crippen LogP contribution is 2.27. The van der Waals surface area contributed by atoms with Gasteiger partial charge in [0.1, 0.15) is 12.4 Å². The number of amides is 1. The van der Waals surface area contributed by atoms with Crippen LogP contribution in [0.3, 0.4) is 0 Å². The van der Waals surface area contributed by atoms with E-state index in [1.54, 1.807) is 24.3 Å². The van der Waals surface area contributed by atoms with Crippen LogP contribution in [0.4, 0.5) is 5.13 Å². The molecule has 0 unspecified atom stereocenters. The molecule has 3 aromatic rings. The number of aromatic nitrogens is 2. The molecule has 2 aromatic carbocycles. The van der Waals surface area contributed by atoms with Crippen LogP contribution >= 0.6 is 23.1 Å². The summed E-state index contributed by atoms with van der Waals surface area (Å²) in [5.74, 6) is -0.0511. The molecule has 7 nitrogen and oxygen atoms in total. The van der Waals surface area contributed by atoms with Crippen LogP contribution in [0.15, 0.2) is 58.9 Å². The number of esters is 1. The summed E-state index contributed by atoms with van der Waals surface area (Å²) in [6.07, 6.45) is 0. The van der Waals surface area contributed by atoms with Crippen LogP contribution in [-0.2, 0) is 16.1 Å². The Balaban J connectivity index is 1.49. The number of ether oxygens (including phenoxy) is 2. The molecule has 0 aliphatic carbocycles. The Hall–Kier alpha value is -2.91. The summed E-state index contributed by atoms with van der Waals surface area (Å²) in [7, 11) is 0. The second-order valence-corrected chi connectivity index (χ2v) is 7.89. The first-order valence-electron chi connectivity index (χ1n) is 8.84. The number of carbonyl (C=O) groups is 2. The lowest BCUT2D eigenvalue weighted by Gasteiger charge is -2.08. The van der Waals surface area contributed by atoms with E-state index in [4.69, 9.17) is 9.47 Å². The molecule has 0 saturated carbocycles. The molecule has 0 bridgehead atoms. The van der Waals surface area contributed by atoms with Gasteiger partial charge in [0.15, 0.2) is 4.34 Å². The zero-order valence-corrected chi connectivity index (χ0v) is 17.3. The molecule has 150 valence electrons. The Bertz CT molecular complexity index is 963. The van der Waals surface area contributed by atoms with Crippen molar-refractivity contribution in [1.82, 2.24) is 10.2 Å². The molecule has 0 saturated heterocycles. The molecule has 0 aliphatic heterocycles. The fraction of sp³-hybridized carbons (Fsp3) is 0.200. The predicted octanol–water partition coefficient (Wildman–Crippen LogP) is 4.02. The van der Waals surface area contributed by atoms with Gasteiger partial charge in [-0.2, -0.15) is 0 Å². The molecule has 0 radical (unpaired) electrons. The fourth-order valence-electron chi connectivity index (χ4n) is 2.32. The largest absolute Gasteiger partial charge is 0.493 e. The van der Waals surface area contributed by atoms with Crippen LogP contribution < -0.4 is 10.1 Å². The van der Waals surface area contributed by atoms with Gasteiger partial charge in [-0.15, -0.1) is 10.2 Å². The Kier molecular flexibility index (Phi) is 7.60. The van der Waals surface area contributed by atoms with Crippen molar-refractivity contribution < 1.29 is 19.1 Å². The third-order valence-corrected chi connectivity index (χ3v) is 5.56. The van der Waals surface area contributed by atoms with Crippen molar-refractivity contribution in [2.75, 3.05) is 17.7 Å². The number of nitrogens with one attached hydrogen (secondary N) is 1. The summed E-state index contributed by atoms with van der Waals surface area (Å²) in [4.78, 5) is 24.4. The van der Waals surface area contributed by atoms with E-state index in [9.17, 15) is 9.59 Å². The molecule has 1 heterocycles. The van der Waals surface area contributed by atoms with Gasteiger partial charge in [-0.1, -0.05) is 65.6 Å². The third-order valence-electron chi connectivity index (χ3n) is 3.61. The van der Waals surface area contributed by atoms with Crippen molar-refractivity contribution in [3.63, 3.8) is 0 Å². The van der Waals surface area contributed by atoms with Gasteiger partial charge in [-0.25, -0.2) is 0 Å². The van der Waals surface area contributed by atoms with Crippen LogP contribution in [0.5, 0.6) is 5.75 Å². The van der Waals surface area contributed by atoms with Crippen molar-refractivity contribution >= 4 is 40.1 Å². The Morgan fingerprint density at radius 3 is 2.62 bits per heavy atom. The van der Waals surface area contributed by atoms with E-state index in [1.807, 2.05) is 37.3 Å². The van der Waals surface area contributed by atoms with Gasteiger partial charge in [-0.3, -0.25) is 14.9 Å². The second-order valence-electron chi connectivity index (χ2n) is 5.69. The first-order chi connectivity index (χ1) is 14.2. The Labute approximate surface area is 176 Å². The number of rotatable bonds is 9. The highest BCUT2D eigenvalue weighted by molar-refractivity contribution is 8.01. The molecule has 1 aromatic heterocycles. The highest BCUT2D eigenvalue weighted by Gasteiger charge is 2.15. The summed E-state index contributed by atoms with van der Waals surface area (Å²) in [5.41, 5.74) is 1.35. The normalized spacial score (nSPS) is 10.4. The van der Waals surface area contributed by atoms with Crippen LogP contribution in [0, 0.1) is 0 Å². The Morgan fingerprint density at radius 1 is 1.07 bits per heavy atom. The predicted molar refractivity (Wildman–Crippen MR) is 112 cm³/mol. The van der Waals surface area contributed by atoms with Crippen molar-refractivity contribution in [3.05, 3.63) is 65.7 Å². The van der Waals surface area contributed by atoms with Gasteiger partial charge in [0.05, 0.1) is 17.9 Å². The quantitative estimate of drug-likeness (QED) is 0.312. The number of hydrogen-bond acceptors (Lipinski definition) is 8. The molecule has 0 atom stereocenters. The molecule has 0 spiro atoms. The van der Waals surface area contributed by atoms with Crippen LogP contribution in [-0.4, -0.2) is 34.4 Å². The molecule has 1 N–H and O–H groups in total. The van der Waals surface area contributed by atoms with Gasteiger partial charge in [0.25, 0.3) is 5.91 Å². The number of nitrogens with zero attached hydrogens (tertiary/aromatic N) is 2. The smallest absolute Gasteiger partial charge is 0.316 e. The minimum absolute atomic E-state index is 0.114. The van der Waals surface area contributed by atoms with Crippen molar-refractivity contribution in [2.45, 2.75) is 17.9 Å². The number of benzene rings is 2. The monoisotopic (exact) mass is 429 g/mol. The number of para-hydroxylation sites is 1. The fourth-order valence-corrected chi connectivity index (χ4v) is 3.86. The first kappa shape index (κ1) is 20.8. The SMILES string of the molecule is CCOc1ccccc1C(=O)Nc1nnc(SCC(=O)OCc2ccccc2)s1. The number of hydrogen-bond donors (Lipinski definition) is 1. The van der Waals surface area contributed by atoms with E-state index < -0.39 is 0 Å². The van der Waals surface area contributed by atoms with E-state index in [2.05, 4.69) is 15.5 Å². The Morgan fingerprint density at radius 2 is 1.83 bits per heavy atom. The van der Waals surface area contributed by atoms with Crippen molar-refractivity contribution in [1.29, 1.82) is 0 Å². The zero-order valence-electron chi connectivity index (χ0n) is 15.7. The summed E-state index contributed by atoms with van der Waals surface area (Å²) >= 11 is 2.40. The van der Waals surface area contributed by atoms with Crippen LogP contribution in [0.1, 0.15) is 22.8 Å². The average molecular weight is 430 g/mol. The van der Waals surface area contributed by atoms with Crippen molar-refractivity contribution in [3.8, 4) is 5.75 Å². The topological polar surface area (TPSA) is 90.4 Å². The van der Waals surface area contributed by atoms with E-state index in [0.717, 1.165) is 5.56 Å². The van der Waals surface area contributed by atoms with Gasteiger partial charge in [0.2, 0.25) is 5.13 Å². The van der Waals surface area contributed by atoms with Gasteiger partial charge < -0.3 is 9.47 Å². The molecule has 0 aliphatic rings. The third kappa shape index (κ3) is 6.30. The summed E-state index contributed by atoms with van der Waals surface area (Å²) < 4.78 is 11.3. The summed E-state index contributed by atoms with van der Waals surface area (Å²) in [5, 5.41) is 11.0. The van der Waals surface area contributed by atoms with Gasteiger partial charge >= 0.3 is 5.97 Å². The van der Waals surface area contributed by atoms with E-state index in [0.29, 0.717) is 27.4 Å². The first-order valence-corrected chi connectivity index (χ1v) is 10.6. The minimum Gasteiger partial charge on any atom is -0.493 e. The number of thioether (sulfide) groups is 1. The summed E-state index contributed by atoms with van der Waals surface area (Å²) in [6.45, 7) is 2.55. The van der Waals surface area contributed by atoms with Crippen LogP contribution in [0.25, 0.3) is 0 Å². The van der Waals surface area contributed by atoms with Gasteiger partial charge in [-0.05, 0) is 24.6 Å². The maximum atomic E-state index is 12.5. The molecule has 1 amide bonds. The molecule has 0 fully saturated rings. The number of anilines is 1. The van der Waals surface area contributed by atoms with E-state index >= 15 is 0 Å². The molecular formula is C20H19N3O4S2. The van der Waals surface area contributed by atoms with E-state index in [-0.39, 0.29) is 24.2 Å². The molecule has 9 heteroatoms. The molecule has 3 rings (SSSR count). The highest BCUT2D eigenvalue weighted by atomic mass is 32.2. The molecule has 29 heavy (non-hydrogen) atoms. The minimum atomic E-state index is -0.342. The summed E-state index contributed by atoms with van der Waals surface area (Å²) in [6, 6.07) is 16.5. The van der Waals surface area contributed by atoms with Crippen molar-refractivity contribution in [2.24, 2.45) is 0 Å². The standard InChI is InChI=1S/C20H19N3O4S2/c1-2-26-16-11-7-6-10-15(16)18(25)21-19-22-23-20(29-19)28-13-17(24)27-12-14-8-4-3-5-9-14/h3-11H,2,12-13H2,1H3,(H,21,22,25). The second kappa shape index (κ2) is 10.6. The van der Waals surface area contributed by atoms with E-state index in [1.165, 1.54) is 23.1 Å². The number of carbonyl (C=O) groups excluding carboxylic acids is 2. The average Bonchev–Trinajstić information content (AvgIpc) is 3.19. The maximum absolute atomic E-state index is 12.5. The zero-order chi connectivity index (χ0) is 20.5. The van der Waals surface area contributed by atoms with Crippen LogP contribution in [0.2, 0.25) is 0 Å². The lowest BCUT2D eigenvalue weighted by molar-refractivity contribution is -0.141. The maximum Gasteiger partial charge on any atom is 0.316 e. The lowest BCUT2D eigenvalue weighted by atomic mass is 10.2. The molecular weight excluding hydrogens is 410 g/mol.